The van der Waals surface area contributed by atoms with E-state index in [9.17, 15) is 22.7 Å². The second-order valence-electron chi connectivity index (χ2n) is 8.77. The maximum atomic E-state index is 15.5. The van der Waals surface area contributed by atoms with E-state index in [4.69, 9.17) is 0 Å². The summed E-state index contributed by atoms with van der Waals surface area (Å²) in [6.07, 6.45) is 2.30. The van der Waals surface area contributed by atoms with Crippen LogP contribution < -0.4 is 0 Å². The highest BCUT2D eigenvalue weighted by molar-refractivity contribution is 7.87. The van der Waals surface area contributed by atoms with E-state index in [0.29, 0.717) is 16.8 Å². The van der Waals surface area contributed by atoms with Gasteiger partial charge in [0.1, 0.15) is 5.69 Å². The Balaban J connectivity index is 2.14. The fraction of sp³-hybridized carbons (Fsp3) is 0.500. The molecule has 1 saturated heterocycles. The average Bonchev–Trinajstić information content (AvgIpc) is 3.30. The number of pyridine rings is 1. The van der Waals surface area contributed by atoms with Gasteiger partial charge in [0.15, 0.2) is 5.82 Å². The summed E-state index contributed by atoms with van der Waals surface area (Å²) in [4.78, 5) is 16.2. The zero-order valence-corrected chi connectivity index (χ0v) is 18.5. The molecule has 3 rings (SSSR count). The van der Waals surface area contributed by atoms with Gasteiger partial charge >= 0.3 is 16.3 Å². The minimum Gasteiger partial charge on any atom is -0.465 e. The van der Waals surface area contributed by atoms with Gasteiger partial charge in [0.25, 0.3) is 0 Å². The topological polar surface area (TPSA) is 95.7 Å². The molecule has 0 saturated carbocycles. The standard InChI is InChI=1S/C20H26F2N4O4S/c1-20(2,3)13-24(19(27)28)11-14-12-26(31(29,30)25-9-4-5-10-25)17(16(14)21)15-7-6-8-23-18(15)22/h6-8,12H,4-5,9-11,13H2,1-3H3,(H,27,28). The van der Waals surface area contributed by atoms with E-state index in [1.165, 1.54) is 22.6 Å². The molecular weight excluding hydrogens is 430 g/mol. The quantitative estimate of drug-likeness (QED) is 0.671. The molecule has 0 aliphatic carbocycles. The van der Waals surface area contributed by atoms with Crippen molar-refractivity contribution in [3.8, 4) is 11.3 Å². The highest BCUT2D eigenvalue weighted by Gasteiger charge is 2.34. The fourth-order valence-electron chi connectivity index (χ4n) is 3.62. The molecule has 170 valence electrons. The molecule has 0 radical (unpaired) electrons. The van der Waals surface area contributed by atoms with Gasteiger partial charge in [0, 0.05) is 37.6 Å². The van der Waals surface area contributed by atoms with E-state index in [1.807, 2.05) is 20.8 Å². The number of amides is 1. The largest absolute Gasteiger partial charge is 0.465 e. The summed E-state index contributed by atoms with van der Waals surface area (Å²) in [5.41, 5.74) is -1.37. The Kier molecular flexibility index (Phi) is 6.38. The van der Waals surface area contributed by atoms with Crippen LogP contribution >= 0.6 is 0 Å². The smallest absolute Gasteiger partial charge is 0.407 e. The van der Waals surface area contributed by atoms with Crippen molar-refractivity contribution in [3.63, 3.8) is 0 Å². The molecule has 2 aromatic rings. The maximum absolute atomic E-state index is 15.5. The molecule has 0 aromatic carbocycles. The van der Waals surface area contributed by atoms with Crippen molar-refractivity contribution in [1.82, 2.24) is 18.2 Å². The molecule has 0 spiro atoms. The van der Waals surface area contributed by atoms with E-state index in [2.05, 4.69) is 4.98 Å². The Morgan fingerprint density at radius 1 is 1.26 bits per heavy atom. The number of hydrogen-bond donors (Lipinski definition) is 1. The summed E-state index contributed by atoms with van der Waals surface area (Å²) in [7, 11) is -4.18. The Labute approximate surface area is 180 Å². The van der Waals surface area contributed by atoms with Crippen molar-refractivity contribution in [3.05, 3.63) is 41.9 Å². The van der Waals surface area contributed by atoms with Crippen LogP contribution in [0.4, 0.5) is 13.6 Å². The molecular formula is C20H26F2N4O4S. The van der Waals surface area contributed by atoms with Gasteiger partial charge in [-0.05, 0) is 30.4 Å². The van der Waals surface area contributed by atoms with E-state index in [-0.39, 0.29) is 37.3 Å². The van der Waals surface area contributed by atoms with Gasteiger partial charge in [-0.2, -0.15) is 17.1 Å². The third-order valence-electron chi connectivity index (χ3n) is 4.93. The van der Waals surface area contributed by atoms with E-state index < -0.39 is 39.2 Å². The van der Waals surface area contributed by atoms with Crippen molar-refractivity contribution in [1.29, 1.82) is 0 Å². The lowest BCUT2D eigenvalue weighted by molar-refractivity contribution is 0.122. The number of hydrogen-bond acceptors (Lipinski definition) is 4. The van der Waals surface area contributed by atoms with Crippen molar-refractivity contribution in [2.24, 2.45) is 5.41 Å². The molecule has 0 atom stereocenters. The van der Waals surface area contributed by atoms with Crippen LogP contribution in [0.2, 0.25) is 0 Å². The average molecular weight is 457 g/mol. The van der Waals surface area contributed by atoms with E-state index in [1.54, 1.807) is 0 Å². The zero-order chi connectivity index (χ0) is 23.0. The van der Waals surface area contributed by atoms with Crippen molar-refractivity contribution >= 4 is 16.3 Å². The van der Waals surface area contributed by atoms with Crippen LogP contribution in [0.5, 0.6) is 0 Å². The Morgan fingerprint density at radius 2 is 1.90 bits per heavy atom. The van der Waals surface area contributed by atoms with Crippen molar-refractivity contribution in [2.75, 3.05) is 19.6 Å². The number of aromatic nitrogens is 2. The number of carbonyl (C=O) groups is 1. The Bertz CT molecular complexity index is 1070. The van der Waals surface area contributed by atoms with Gasteiger partial charge in [-0.3, -0.25) is 0 Å². The number of carboxylic acid groups (broad SMARTS) is 1. The minimum atomic E-state index is -4.18. The molecule has 1 aliphatic rings. The first-order chi connectivity index (χ1) is 14.4. The highest BCUT2D eigenvalue weighted by atomic mass is 32.2. The van der Waals surface area contributed by atoms with Gasteiger partial charge in [0.05, 0.1) is 12.1 Å². The third-order valence-corrected chi connectivity index (χ3v) is 6.74. The lowest BCUT2D eigenvalue weighted by Gasteiger charge is -2.27. The molecule has 8 nitrogen and oxygen atoms in total. The zero-order valence-electron chi connectivity index (χ0n) is 17.7. The molecule has 11 heteroatoms. The van der Waals surface area contributed by atoms with Crippen LogP contribution in [0.25, 0.3) is 11.3 Å². The third kappa shape index (κ3) is 4.87. The van der Waals surface area contributed by atoms with Crippen LogP contribution in [0.15, 0.2) is 24.5 Å². The predicted octanol–water partition coefficient (Wildman–Crippen LogP) is 3.54. The second-order valence-corrected chi connectivity index (χ2v) is 10.6. The van der Waals surface area contributed by atoms with Crippen LogP contribution in [-0.2, 0) is 16.8 Å². The summed E-state index contributed by atoms with van der Waals surface area (Å²) in [6.45, 7) is 5.77. The van der Waals surface area contributed by atoms with E-state index >= 15 is 4.39 Å². The summed E-state index contributed by atoms with van der Waals surface area (Å²) >= 11 is 0. The summed E-state index contributed by atoms with van der Waals surface area (Å²) in [5.74, 6) is -2.01. The SMILES string of the molecule is CC(C)(C)CN(Cc1cn(S(=O)(=O)N2CCCC2)c(-c2cccnc2F)c1F)C(=O)O. The monoisotopic (exact) mass is 456 g/mol. The highest BCUT2D eigenvalue weighted by Crippen LogP contribution is 2.32. The van der Waals surface area contributed by atoms with Crippen LogP contribution in [0.1, 0.15) is 39.2 Å². The Hall–Kier alpha value is -2.53. The van der Waals surface area contributed by atoms with Gasteiger partial charge in [-0.1, -0.05) is 20.8 Å². The van der Waals surface area contributed by atoms with Crippen LogP contribution in [0.3, 0.4) is 0 Å². The molecule has 0 unspecified atom stereocenters. The summed E-state index contributed by atoms with van der Waals surface area (Å²) in [5, 5.41) is 9.56. The first-order valence-corrected chi connectivity index (χ1v) is 11.3. The van der Waals surface area contributed by atoms with Crippen molar-refractivity contribution in [2.45, 2.75) is 40.2 Å². The molecule has 3 heterocycles. The maximum Gasteiger partial charge on any atom is 0.407 e. The van der Waals surface area contributed by atoms with Gasteiger partial charge in [0.2, 0.25) is 5.95 Å². The lowest BCUT2D eigenvalue weighted by atomic mass is 9.96. The summed E-state index contributed by atoms with van der Waals surface area (Å²) in [6, 6.07) is 2.62. The molecule has 1 amide bonds. The molecule has 1 N–H and O–H groups in total. The fourth-order valence-corrected chi connectivity index (χ4v) is 5.25. The Morgan fingerprint density at radius 3 is 2.45 bits per heavy atom. The van der Waals surface area contributed by atoms with Crippen LogP contribution in [-0.4, -0.2) is 57.4 Å². The molecule has 31 heavy (non-hydrogen) atoms. The normalized spacial score (nSPS) is 15.4. The van der Waals surface area contributed by atoms with Crippen molar-refractivity contribution < 1.29 is 27.1 Å². The number of rotatable bonds is 6. The molecule has 1 fully saturated rings. The second kappa shape index (κ2) is 8.54. The van der Waals surface area contributed by atoms with E-state index in [0.717, 1.165) is 11.1 Å². The van der Waals surface area contributed by atoms with Gasteiger partial charge in [-0.25, -0.2) is 18.1 Å². The van der Waals surface area contributed by atoms with Gasteiger partial charge < -0.3 is 10.0 Å². The number of nitrogens with zero attached hydrogens (tertiary/aromatic N) is 4. The van der Waals surface area contributed by atoms with Gasteiger partial charge in [-0.15, -0.1) is 0 Å². The molecule has 2 aromatic heterocycles. The molecule has 0 bridgehead atoms. The molecule has 1 aliphatic heterocycles. The lowest BCUT2D eigenvalue weighted by Crippen LogP contribution is -2.36. The predicted molar refractivity (Wildman–Crippen MR) is 111 cm³/mol. The number of halogens is 2. The first-order valence-electron chi connectivity index (χ1n) is 9.91. The summed E-state index contributed by atoms with van der Waals surface area (Å²) < 4.78 is 58.3. The van der Waals surface area contributed by atoms with Crippen LogP contribution in [0, 0.1) is 17.2 Å². The minimum absolute atomic E-state index is 0.0996. The first kappa shape index (κ1) is 23.1.